The highest BCUT2D eigenvalue weighted by atomic mass is 32.1. The van der Waals surface area contributed by atoms with Crippen LogP contribution < -0.4 is 5.32 Å². The van der Waals surface area contributed by atoms with Gasteiger partial charge in [-0.1, -0.05) is 38.1 Å². The zero-order valence-corrected chi connectivity index (χ0v) is 12.6. The topological polar surface area (TPSA) is 24.9 Å². The van der Waals surface area contributed by atoms with Crippen LogP contribution in [0.5, 0.6) is 0 Å². The predicted octanol–water partition coefficient (Wildman–Crippen LogP) is 4.69. The van der Waals surface area contributed by atoms with E-state index in [9.17, 15) is 0 Å². The van der Waals surface area contributed by atoms with Crippen LogP contribution in [0.2, 0.25) is 0 Å². The Bertz CT molecular complexity index is 702. The first-order valence-corrected chi connectivity index (χ1v) is 7.67. The molecule has 0 radical (unpaired) electrons. The molecule has 0 atom stereocenters. The van der Waals surface area contributed by atoms with Gasteiger partial charge in [-0.3, -0.25) is 0 Å². The van der Waals surface area contributed by atoms with Gasteiger partial charge in [-0.2, -0.15) is 0 Å². The summed E-state index contributed by atoms with van der Waals surface area (Å²) in [5.41, 5.74) is 1.15. The predicted molar refractivity (Wildman–Crippen MR) is 87.6 cm³/mol. The van der Waals surface area contributed by atoms with E-state index in [1.165, 1.54) is 10.3 Å². The first-order chi connectivity index (χ1) is 9.65. The molecule has 20 heavy (non-hydrogen) atoms. The number of nitrogens with one attached hydrogen (secondary N) is 1. The molecule has 0 saturated carbocycles. The van der Waals surface area contributed by atoms with E-state index in [1.807, 2.05) is 35.6 Å². The Morgan fingerprint density at radius 2 is 1.90 bits per heavy atom. The smallest absolute Gasteiger partial charge is 0.126 e. The molecule has 0 amide bonds. The maximum Gasteiger partial charge on any atom is 0.126 e. The largest absolute Gasteiger partial charge is 0.369 e. The number of benzene rings is 1. The SMILES string of the molecule is CC(C)(CNc1ccc2ccccc2n1)c1cccs1. The van der Waals surface area contributed by atoms with Gasteiger partial charge in [-0.05, 0) is 29.6 Å². The molecule has 0 fully saturated rings. The van der Waals surface area contributed by atoms with E-state index < -0.39 is 0 Å². The quantitative estimate of drug-likeness (QED) is 0.751. The van der Waals surface area contributed by atoms with Crippen LogP contribution in [0.15, 0.2) is 53.9 Å². The molecule has 0 saturated heterocycles. The number of rotatable bonds is 4. The van der Waals surface area contributed by atoms with E-state index in [-0.39, 0.29) is 5.41 Å². The molecule has 0 spiro atoms. The van der Waals surface area contributed by atoms with Crippen molar-refractivity contribution in [2.75, 3.05) is 11.9 Å². The second-order valence-electron chi connectivity index (χ2n) is 5.60. The second kappa shape index (κ2) is 5.25. The van der Waals surface area contributed by atoms with Gasteiger partial charge < -0.3 is 5.32 Å². The fourth-order valence-corrected chi connectivity index (χ4v) is 3.08. The summed E-state index contributed by atoms with van der Waals surface area (Å²) in [6.45, 7) is 5.39. The third-order valence-electron chi connectivity index (χ3n) is 3.50. The Kier molecular flexibility index (Phi) is 3.45. The van der Waals surface area contributed by atoms with E-state index in [1.54, 1.807) is 0 Å². The van der Waals surface area contributed by atoms with Gasteiger partial charge in [-0.25, -0.2) is 4.98 Å². The molecule has 2 aromatic heterocycles. The van der Waals surface area contributed by atoms with Gasteiger partial charge in [0.2, 0.25) is 0 Å². The van der Waals surface area contributed by atoms with Crippen LogP contribution in [0.4, 0.5) is 5.82 Å². The maximum absolute atomic E-state index is 4.65. The summed E-state index contributed by atoms with van der Waals surface area (Å²) in [4.78, 5) is 6.05. The molecule has 2 nitrogen and oxygen atoms in total. The van der Waals surface area contributed by atoms with Gasteiger partial charge in [0, 0.05) is 22.2 Å². The molecule has 2 heterocycles. The molecule has 3 heteroatoms. The fraction of sp³-hybridized carbons (Fsp3) is 0.235. The number of hydrogen-bond acceptors (Lipinski definition) is 3. The maximum atomic E-state index is 4.65. The van der Waals surface area contributed by atoms with Crippen molar-refractivity contribution in [3.63, 3.8) is 0 Å². The van der Waals surface area contributed by atoms with Crippen LogP contribution in [0.3, 0.4) is 0 Å². The minimum atomic E-state index is 0.113. The number of aromatic nitrogens is 1. The van der Waals surface area contributed by atoms with Crippen molar-refractivity contribution in [1.82, 2.24) is 4.98 Å². The van der Waals surface area contributed by atoms with Crippen molar-refractivity contribution in [1.29, 1.82) is 0 Å². The third kappa shape index (κ3) is 2.68. The number of thiophene rings is 1. The highest BCUT2D eigenvalue weighted by Gasteiger charge is 2.21. The molecule has 1 aromatic carbocycles. The van der Waals surface area contributed by atoms with Gasteiger partial charge in [0.15, 0.2) is 0 Å². The van der Waals surface area contributed by atoms with Crippen LogP contribution in [0, 0.1) is 0 Å². The highest BCUT2D eigenvalue weighted by molar-refractivity contribution is 7.10. The molecule has 3 rings (SSSR count). The summed E-state index contributed by atoms with van der Waals surface area (Å²) in [6, 6.07) is 16.7. The van der Waals surface area contributed by atoms with Crippen LogP contribution in [-0.4, -0.2) is 11.5 Å². The minimum Gasteiger partial charge on any atom is -0.369 e. The lowest BCUT2D eigenvalue weighted by molar-refractivity contribution is 0.568. The van der Waals surface area contributed by atoms with Crippen LogP contribution in [-0.2, 0) is 5.41 Å². The summed E-state index contributed by atoms with van der Waals surface area (Å²) >= 11 is 1.81. The standard InChI is InChI=1S/C17H18N2S/c1-17(2,15-8-5-11-20-15)12-18-16-10-9-13-6-3-4-7-14(13)19-16/h3-11H,12H2,1-2H3,(H,18,19). The lowest BCUT2D eigenvalue weighted by atomic mass is 9.91. The van der Waals surface area contributed by atoms with Gasteiger partial charge in [0.25, 0.3) is 0 Å². The van der Waals surface area contributed by atoms with Crippen molar-refractivity contribution in [2.24, 2.45) is 0 Å². The first-order valence-electron chi connectivity index (χ1n) is 6.79. The molecule has 0 unspecified atom stereocenters. The summed E-state index contributed by atoms with van der Waals surface area (Å²) in [7, 11) is 0. The van der Waals surface area contributed by atoms with Crippen molar-refractivity contribution >= 4 is 28.1 Å². The van der Waals surface area contributed by atoms with Gasteiger partial charge in [0.05, 0.1) is 5.52 Å². The van der Waals surface area contributed by atoms with E-state index in [4.69, 9.17) is 0 Å². The van der Waals surface area contributed by atoms with Gasteiger partial charge in [-0.15, -0.1) is 11.3 Å². The zero-order valence-electron chi connectivity index (χ0n) is 11.8. The average Bonchev–Trinajstić information content (AvgIpc) is 3.00. The van der Waals surface area contributed by atoms with Crippen molar-refractivity contribution in [3.05, 3.63) is 58.8 Å². The summed E-state index contributed by atoms with van der Waals surface area (Å²) in [5.74, 6) is 0.938. The van der Waals surface area contributed by atoms with E-state index in [0.29, 0.717) is 0 Å². The molecular weight excluding hydrogens is 264 g/mol. The Morgan fingerprint density at radius 1 is 1.05 bits per heavy atom. The molecule has 3 aromatic rings. The fourth-order valence-electron chi connectivity index (χ4n) is 2.23. The number of hydrogen-bond donors (Lipinski definition) is 1. The number of nitrogens with zero attached hydrogens (tertiary/aromatic N) is 1. The number of fused-ring (bicyclic) bond motifs is 1. The van der Waals surface area contributed by atoms with Crippen molar-refractivity contribution in [2.45, 2.75) is 19.3 Å². The lowest BCUT2D eigenvalue weighted by Gasteiger charge is -2.24. The molecule has 1 N–H and O–H groups in total. The van der Waals surface area contributed by atoms with Crippen LogP contribution >= 0.6 is 11.3 Å². The van der Waals surface area contributed by atoms with Crippen molar-refractivity contribution in [3.8, 4) is 0 Å². The average molecular weight is 282 g/mol. The monoisotopic (exact) mass is 282 g/mol. The molecule has 0 bridgehead atoms. The summed E-state index contributed by atoms with van der Waals surface area (Å²) in [5, 5.41) is 6.77. The van der Waals surface area contributed by atoms with E-state index in [0.717, 1.165) is 17.9 Å². The second-order valence-corrected chi connectivity index (χ2v) is 6.55. The molecular formula is C17H18N2S. The molecule has 102 valence electrons. The third-order valence-corrected chi connectivity index (χ3v) is 4.73. The van der Waals surface area contributed by atoms with Gasteiger partial charge >= 0.3 is 0 Å². The lowest BCUT2D eigenvalue weighted by Crippen LogP contribution is -2.26. The Balaban J connectivity index is 1.77. The number of pyridine rings is 1. The Hall–Kier alpha value is -1.87. The van der Waals surface area contributed by atoms with Crippen LogP contribution in [0.25, 0.3) is 10.9 Å². The van der Waals surface area contributed by atoms with Gasteiger partial charge in [0.1, 0.15) is 5.82 Å². The number of para-hydroxylation sites is 1. The normalized spacial score (nSPS) is 11.7. The van der Waals surface area contributed by atoms with Crippen molar-refractivity contribution < 1.29 is 0 Å². The number of anilines is 1. The molecule has 0 aliphatic rings. The summed E-state index contributed by atoms with van der Waals surface area (Å²) in [6.07, 6.45) is 0. The Morgan fingerprint density at radius 3 is 2.70 bits per heavy atom. The van der Waals surface area contributed by atoms with E-state index in [2.05, 4.69) is 53.8 Å². The molecule has 0 aliphatic heterocycles. The van der Waals surface area contributed by atoms with E-state index >= 15 is 0 Å². The minimum absolute atomic E-state index is 0.113. The zero-order chi connectivity index (χ0) is 14.0. The molecule has 0 aliphatic carbocycles. The summed E-state index contributed by atoms with van der Waals surface area (Å²) < 4.78 is 0. The highest BCUT2D eigenvalue weighted by Crippen LogP contribution is 2.27. The Labute approximate surface area is 123 Å². The van der Waals surface area contributed by atoms with Crippen LogP contribution in [0.1, 0.15) is 18.7 Å². The first kappa shape index (κ1) is 13.1.